The van der Waals surface area contributed by atoms with E-state index in [1.54, 1.807) is 12.1 Å². The number of halogens is 3. The summed E-state index contributed by atoms with van der Waals surface area (Å²) < 4.78 is 49.2. The van der Waals surface area contributed by atoms with E-state index in [1.807, 2.05) is 24.4 Å². The summed E-state index contributed by atoms with van der Waals surface area (Å²) in [6.07, 6.45) is 6.27. The van der Waals surface area contributed by atoms with Crippen LogP contribution in [0.1, 0.15) is 74.6 Å². The number of ether oxygens (including phenoxy) is 2. The van der Waals surface area contributed by atoms with Gasteiger partial charge in [0.1, 0.15) is 11.8 Å². The summed E-state index contributed by atoms with van der Waals surface area (Å²) in [6, 6.07) is 12.4. The molecule has 2 fully saturated rings. The average Bonchev–Trinajstić information content (AvgIpc) is 3.24. The number of nitriles is 1. The van der Waals surface area contributed by atoms with Crippen molar-refractivity contribution in [2.24, 2.45) is 0 Å². The van der Waals surface area contributed by atoms with Crippen molar-refractivity contribution in [3.05, 3.63) is 59.4 Å². The SMILES string of the molecule is N#Cc1cccc(CCCCC2(c3ccccn3)CCOC3(CCCC3)C2)c1OC(F)(F)F. The highest BCUT2D eigenvalue weighted by atomic mass is 19.4. The van der Waals surface area contributed by atoms with Crippen LogP contribution in [-0.2, 0) is 16.6 Å². The predicted molar refractivity (Wildman–Crippen MR) is 118 cm³/mol. The smallest absolute Gasteiger partial charge is 0.404 e. The molecule has 7 heteroatoms. The van der Waals surface area contributed by atoms with Crippen LogP contribution < -0.4 is 4.74 Å². The van der Waals surface area contributed by atoms with E-state index in [1.165, 1.54) is 18.9 Å². The number of nitrogens with zero attached hydrogens (tertiary/aromatic N) is 2. The number of hydrogen-bond acceptors (Lipinski definition) is 4. The van der Waals surface area contributed by atoms with Crippen molar-refractivity contribution in [2.75, 3.05) is 6.61 Å². The number of rotatable bonds is 7. The molecule has 1 atom stereocenters. The number of hydrogen-bond donors (Lipinski definition) is 0. The second kappa shape index (κ2) is 9.72. The van der Waals surface area contributed by atoms with E-state index in [-0.39, 0.29) is 22.3 Å². The molecule has 33 heavy (non-hydrogen) atoms. The summed E-state index contributed by atoms with van der Waals surface area (Å²) in [7, 11) is 0. The maximum absolute atomic E-state index is 12.9. The van der Waals surface area contributed by atoms with Gasteiger partial charge < -0.3 is 9.47 Å². The van der Waals surface area contributed by atoms with Gasteiger partial charge in [0.05, 0.1) is 11.2 Å². The number of benzene rings is 1. The van der Waals surface area contributed by atoms with Gasteiger partial charge in [-0.2, -0.15) is 5.26 Å². The lowest BCUT2D eigenvalue weighted by atomic mass is 9.67. The van der Waals surface area contributed by atoms with Gasteiger partial charge in [-0.3, -0.25) is 4.98 Å². The average molecular weight is 459 g/mol. The molecular weight excluding hydrogens is 429 g/mol. The van der Waals surface area contributed by atoms with Gasteiger partial charge in [0, 0.05) is 23.9 Å². The summed E-state index contributed by atoms with van der Waals surface area (Å²) in [5.41, 5.74) is 1.26. The van der Waals surface area contributed by atoms with E-state index in [9.17, 15) is 18.4 Å². The second-order valence-corrected chi connectivity index (χ2v) is 9.32. The minimum absolute atomic E-state index is 0.0649. The molecule has 1 aromatic carbocycles. The Bertz CT molecular complexity index is 981. The van der Waals surface area contributed by atoms with Gasteiger partial charge in [-0.1, -0.05) is 37.5 Å². The first kappa shape index (κ1) is 23.6. The van der Waals surface area contributed by atoms with Gasteiger partial charge in [-0.15, -0.1) is 13.2 Å². The Labute approximate surface area is 192 Å². The molecule has 1 saturated heterocycles. The molecule has 1 aliphatic carbocycles. The topological polar surface area (TPSA) is 55.1 Å². The lowest BCUT2D eigenvalue weighted by molar-refractivity contribution is -0.275. The number of aryl methyl sites for hydroxylation is 1. The van der Waals surface area contributed by atoms with Gasteiger partial charge in [-0.05, 0) is 68.7 Å². The standard InChI is InChI=1S/C26H29F3N2O2/c27-26(28,29)33-23-20(9-7-10-21(23)18-30)8-1-3-12-24(22-11-2-6-16-31-22)15-17-32-25(19-24)13-4-5-14-25/h2,6-7,9-11,16H,1,3-5,8,12-15,17,19H2. The Balaban J connectivity index is 1.48. The van der Waals surface area contributed by atoms with Crippen LogP contribution in [0.15, 0.2) is 42.6 Å². The zero-order valence-electron chi connectivity index (χ0n) is 18.7. The van der Waals surface area contributed by atoms with Crippen molar-refractivity contribution in [3.63, 3.8) is 0 Å². The molecule has 1 saturated carbocycles. The Morgan fingerprint density at radius 1 is 1.06 bits per heavy atom. The molecule has 0 N–H and O–H groups in total. The number of para-hydroxylation sites is 1. The number of unbranched alkanes of at least 4 members (excludes halogenated alkanes) is 1. The molecule has 2 aromatic rings. The minimum Gasteiger partial charge on any atom is -0.404 e. The molecule has 2 heterocycles. The van der Waals surface area contributed by atoms with Gasteiger partial charge in [0.25, 0.3) is 0 Å². The van der Waals surface area contributed by atoms with Gasteiger partial charge >= 0.3 is 6.36 Å². The van der Waals surface area contributed by atoms with E-state index in [0.29, 0.717) is 25.0 Å². The van der Waals surface area contributed by atoms with E-state index >= 15 is 0 Å². The maximum atomic E-state index is 12.9. The number of alkyl halides is 3. The summed E-state index contributed by atoms with van der Waals surface area (Å²) in [5.74, 6) is -0.372. The van der Waals surface area contributed by atoms with Crippen molar-refractivity contribution < 1.29 is 22.6 Å². The Hall–Kier alpha value is -2.59. The first-order valence-corrected chi connectivity index (χ1v) is 11.7. The van der Waals surface area contributed by atoms with Crippen LogP contribution in [0.3, 0.4) is 0 Å². The van der Waals surface area contributed by atoms with E-state index in [4.69, 9.17) is 9.72 Å². The fraction of sp³-hybridized carbons (Fsp3) is 0.538. The van der Waals surface area contributed by atoms with Crippen molar-refractivity contribution in [2.45, 2.75) is 81.6 Å². The van der Waals surface area contributed by atoms with Crippen molar-refractivity contribution >= 4 is 0 Å². The van der Waals surface area contributed by atoms with Crippen LogP contribution in [0.5, 0.6) is 5.75 Å². The summed E-state index contributed by atoms with van der Waals surface area (Å²) in [4.78, 5) is 4.71. The second-order valence-electron chi connectivity index (χ2n) is 9.32. The third kappa shape index (κ3) is 5.50. The largest absolute Gasteiger partial charge is 0.573 e. The van der Waals surface area contributed by atoms with Crippen LogP contribution in [0.2, 0.25) is 0 Å². The van der Waals surface area contributed by atoms with Gasteiger partial charge in [-0.25, -0.2) is 0 Å². The van der Waals surface area contributed by atoms with Crippen molar-refractivity contribution in [1.29, 1.82) is 5.26 Å². The van der Waals surface area contributed by atoms with Crippen LogP contribution in [0.4, 0.5) is 13.2 Å². The Morgan fingerprint density at radius 3 is 2.58 bits per heavy atom. The lowest BCUT2D eigenvalue weighted by Crippen LogP contribution is -2.46. The van der Waals surface area contributed by atoms with Crippen molar-refractivity contribution in [1.82, 2.24) is 4.98 Å². The summed E-state index contributed by atoms with van der Waals surface area (Å²) in [6.45, 7) is 0.713. The normalized spacial score (nSPS) is 22.2. The molecule has 0 amide bonds. The third-order valence-electron chi connectivity index (χ3n) is 7.16. The highest BCUT2D eigenvalue weighted by Crippen LogP contribution is 2.50. The van der Waals surface area contributed by atoms with E-state index in [0.717, 1.165) is 44.2 Å². The highest BCUT2D eigenvalue weighted by Gasteiger charge is 2.48. The van der Waals surface area contributed by atoms with E-state index in [2.05, 4.69) is 10.8 Å². The predicted octanol–water partition coefficient (Wildman–Crippen LogP) is 6.63. The molecule has 1 aliphatic heterocycles. The minimum atomic E-state index is -4.83. The molecule has 1 unspecified atom stereocenters. The summed E-state index contributed by atoms with van der Waals surface area (Å²) in [5, 5.41) is 9.23. The molecular formula is C26H29F3N2O2. The first-order valence-electron chi connectivity index (χ1n) is 11.7. The molecule has 4 rings (SSSR count). The van der Waals surface area contributed by atoms with Crippen LogP contribution >= 0.6 is 0 Å². The molecule has 176 valence electrons. The highest BCUT2D eigenvalue weighted by molar-refractivity contribution is 5.48. The molecule has 1 aromatic heterocycles. The number of aromatic nitrogens is 1. The van der Waals surface area contributed by atoms with E-state index < -0.39 is 6.36 Å². The molecule has 2 aliphatic rings. The van der Waals surface area contributed by atoms with Crippen LogP contribution in [0, 0.1) is 11.3 Å². The molecule has 0 radical (unpaired) electrons. The first-order chi connectivity index (χ1) is 15.8. The number of pyridine rings is 1. The van der Waals surface area contributed by atoms with Crippen LogP contribution in [-0.4, -0.2) is 23.6 Å². The zero-order valence-corrected chi connectivity index (χ0v) is 18.7. The maximum Gasteiger partial charge on any atom is 0.573 e. The summed E-state index contributed by atoms with van der Waals surface area (Å²) >= 11 is 0. The fourth-order valence-corrected chi connectivity index (χ4v) is 5.68. The molecule has 1 spiro atoms. The van der Waals surface area contributed by atoms with Gasteiger partial charge in [0.2, 0.25) is 0 Å². The van der Waals surface area contributed by atoms with Crippen molar-refractivity contribution in [3.8, 4) is 11.8 Å². The monoisotopic (exact) mass is 458 g/mol. The quantitative estimate of drug-likeness (QED) is 0.437. The van der Waals surface area contributed by atoms with Crippen LogP contribution in [0.25, 0.3) is 0 Å². The molecule has 0 bridgehead atoms. The lowest BCUT2D eigenvalue weighted by Gasteiger charge is -2.46. The Kier molecular flexibility index (Phi) is 6.94. The zero-order chi connectivity index (χ0) is 23.4. The third-order valence-corrected chi connectivity index (χ3v) is 7.16. The Morgan fingerprint density at radius 2 is 1.88 bits per heavy atom. The molecule has 4 nitrogen and oxygen atoms in total. The van der Waals surface area contributed by atoms with Gasteiger partial charge in [0.15, 0.2) is 0 Å². The fourth-order valence-electron chi connectivity index (χ4n) is 5.68.